The van der Waals surface area contributed by atoms with Crippen LogP contribution in [0.5, 0.6) is 5.75 Å². The molecule has 0 saturated heterocycles. The summed E-state index contributed by atoms with van der Waals surface area (Å²) in [5.74, 6) is 0.643. The average Bonchev–Trinajstić information content (AvgIpc) is 2.51. The number of rotatable bonds is 6. The average molecular weight is 349 g/mol. The number of pyridine rings is 1. The fraction of sp³-hybridized carbons (Fsp3) is 0.250. The van der Waals surface area contributed by atoms with Crippen LogP contribution in [-0.2, 0) is 11.2 Å². The molecule has 2 aromatic rings. The molecule has 21 heavy (non-hydrogen) atoms. The van der Waals surface area contributed by atoms with E-state index in [9.17, 15) is 4.79 Å². The molecule has 0 aliphatic carbocycles. The highest BCUT2D eigenvalue weighted by Gasteiger charge is 2.09. The van der Waals surface area contributed by atoms with E-state index in [1.807, 2.05) is 36.4 Å². The SMILES string of the molecule is CN(CCc1ccncc1)C(=O)COc1cccc(Br)c1. The van der Waals surface area contributed by atoms with Gasteiger partial charge in [-0.15, -0.1) is 0 Å². The van der Waals surface area contributed by atoms with Crippen LogP contribution in [0.1, 0.15) is 5.56 Å². The number of carbonyl (C=O) groups excluding carboxylic acids is 1. The molecule has 110 valence electrons. The predicted octanol–water partition coefficient (Wildman–Crippen LogP) is 2.92. The maximum atomic E-state index is 12.0. The molecule has 0 unspecified atom stereocenters. The van der Waals surface area contributed by atoms with E-state index in [0.29, 0.717) is 12.3 Å². The third kappa shape index (κ3) is 5.19. The molecule has 5 heteroatoms. The zero-order valence-corrected chi connectivity index (χ0v) is 13.4. The molecule has 0 fully saturated rings. The van der Waals surface area contributed by atoms with Gasteiger partial charge in [-0.05, 0) is 42.3 Å². The summed E-state index contributed by atoms with van der Waals surface area (Å²) < 4.78 is 6.42. The Bertz CT molecular complexity index is 590. The molecule has 1 aromatic heterocycles. The number of ether oxygens (including phenoxy) is 1. The highest BCUT2D eigenvalue weighted by Crippen LogP contribution is 2.17. The Balaban J connectivity index is 1.77. The first kappa shape index (κ1) is 15.5. The van der Waals surface area contributed by atoms with Crippen LogP contribution in [0.25, 0.3) is 0 Å². The first-order valence-corrected chi connectivity index (χ1v) is 7.45. The van der Waals surface area contributed by atoms with Crippen LogP contribution in [0.3, 0.4) is 0 Å². The molecule has 0 bridgehead atoms. The topological polar surface area (TPSA) is 42.4 Å². The molecule has 0 spiro atoms. The minimum atomic E-state index is -0.0379. The maximum absolute atomic E-state index is 12.0. The largest absolute Gasteiger partial charge is 0.484 e. The van der Waals surface area contributed by atoms with Crippen LogP contribution in [0.2, 0.25) is 0 Å². The second kappa shape index (κ2) is 7.78. The summed E-state index contributed by atoms with van der Waals surface area (Å²) in [5.41, 5.74) is 1.16. The van der Waals surface area contributed by atoms with Crippen molar-refractivity contribution in [1.82, 2.24) is 9.88 Å². The smallest absolute Gasteiger partial charge is 0.260 e. The molecule has 0 aliphatic rings. The maximum Gasteiger partial charge on any atom is 0.260 e. The highest BCUT2D eigenvalue weighted by molar-refractivity contribution is 9.10. The molecule has 1 aromatic carbocycles. The quantitative estimate of drug-likeness (QED) is 0.805. The molecule has 2 rings (SSSR count). The van der Waals surface area contributed by atoms with Crippen molar-refractivity contribution < 1.29 is 9.53 Å². The number of carbonyl (C=O) groups is 1. The first-order valence-electron chi connectivity index (χ1n) is 6.66. The molecule has 1 heterocycles. The van der Waals surface area contributed by atoms with Crippen molar-refractivity contribution >= 4 is 21.8 Å². The van der Waals surface area contributed by atoms with Gasteiger partial charge in [-0.2, -0.15) is 0 Å². The van der Waals surface area contributed by atoms with E-state index in [1.165, 1.54) is 0 Å². The lowest BCUT2D eigenvalue weighted by Gasteiger charge is -2.17. The summed E-state index contributed by atoms with van der Waals surface area (Å²) in [4.78, 5) is 17.7. The lowest BCUT2D eigenvalue weighted by atomic mass is 10.2. The zero-order valence-electron chi connectivity index (χ0n) is 11.8. The van der Waals surface area contributed by atoms with Gasteiger partial charge in [0, 0.05) is 30.5 Å². The van der Waals surface area contributed by atoms with Crippen molar-refractivity contribution in [1.29, 1.82) is 0 Å². The predicted molar refractivity (Wildman–Crippen MR) is 85.2 cm³/mol. The van der Waals surface area contributed by atoms with Gasteiger partial charge in [0.15, 0.2) is 6.61 Å². The van der Waals surface area contributed by atoms with Crippen LogP contribution in [0.4, 0.5) is 0 Å². The second-order valence-electron chi connectivity index (χ2n) is 4.67. The molecular weight excluding hydrogens is 332 g/mol. The van der Waals surface area contributed by atoms with E-state index in [0.717, 1.165) is 16.5 Å². The summed E-state index contributed by atoms with van der Waals surface area (Å²) in [5, 5.41) is 0. The van der Waals surface area contributed by atoms with Crippen LogP contribution < -0.4 is 4.74 Å². The Morgan fingerprint density at radius 3 is 2.76 bits per heavy atom. The molecule has 4 nitrogen and oxygen atoms in total. The molecule has 0 radical (unpaired) electrons. The van der Waals surface area contributed by atoms with Gasteiger partial charge in [0.25, 0.3) is 5.91 Å². The lowest BCUT2D eigenvalue weighted by Crippen LogP contribution is -2.33. The minimum absolute atomic E-state index is 0.0379. The Kier molecular flexibility index (Phi) is 5.75. The Labute approximate surface area is 132 Å². The standard InChI is InChI=1S/C16H17BrN2O2/c1-19(10-7-13-5-8-18-9-6-13)16(20)12-21-15-4-2-3-14(17)11-15/h2-6,8-9,11H,7,10,12H2,1H3. The number of aromatic nitrogens is 1. The van der Waals surface area contributed by atoms with E-state index in [-0.39, 0.29) is 12.5 Å². The van der Waals surface area contributed by atoms with Crippen molar-refractivity contribution in [2.45, 2.75) is 6.42 Å². The Hall–Kier alpha value is -1.88. The van der Waals surface area contributed by atoms with Crippen molar-refractivity contribution in [3.8, 4) is 5.75 Å². The molecule has 0 saturated carbocycles. The lowest BCUT2D eigenvalue weighted by molar-refractivity contribution is -0.132. The van der Waals surface area contributed by atoms with Gasteiger partial charge in [-0.3, -0.25) is 9.78 Å². The van der Waals surface area contributed by atoms with Crippen molar-refractivity contribution in [3.05, 3.63) is 58.8 Å². The van der Waals surface area contributed by atoms with Crippen molar-refractivity contribution in [3.63, 3.8) is 0 Å². The van der Waals surface area contributed by atoms with Crippen LogP contribution >= 0.6 is 15.9 Å². The Morgan fingerprint density at radius 1 is 1.29 bits per heavy atom. The van der Waals surface area contributed by atoms with Gasteiger partial charge in [-0.1, -0.05) is 22.0 Å². The van der Waals surface area contributed by atoms with Gasteiger partial charge in [-0.25, -0.2) is 0 Å². The summed E-state index contributed by atoms with van der Waals surface area (Å²) in [6.07, 6.45) is 4.32. The van der Waals surface area contributed by atoms with E-state index in [2.05, 4.69) is 20.9 Å². The van der Waals surface area contributed by atoms with E-state index in [1.54, 1.807) is 24.3 Å². The number of nitrogens with zero attached hydrogens (tertiary/aromatic N) is 2. The monoisotopic (exact) mass is 348 g/mol. The van der Waals surface area contributed by atoms with Crippen LogP contribution in [0, 0.1) is 0 Å². The third-order valence-corrected chi connectivity index (χ3v) is 3.56. The summed E-state index contributed by atoms with van der Waals surface area (Å²) in [7, 11) is 1.79. The molecule has 0 aliphatic heterocycles. The third-order valence-electron chi connectivity index (χ3n) is 3.07. The molecule has 1 amide bonds. The van der Waals surface area contributed by atoms with Gasteiger partial charge < -0.3 is 9.64 Å². The van der Waals surface area contributed by atoms with Crippen molar-refractivity contribution in [2.75, 3.05) is 20.2 Å². The second-order valence-corrected chi connectivity index (χ2v) is 5.58. The number of halogens is 1. The summed E-state index contributed by atoms with van der Waals surface area (Å²) in [6.45, 7) is 0.702. The number of benzene rings is 1. The van der Waals surface area contributed by atoms with Crippen LogP contribution in [-0.4, -0.2) is 36.0 Å². The van der Waals surface area contributed by atoms with Gasteiger partial charge in [0.1, 0.15) is 5.75 Å². The number of hydrogen-bond acceptors (Lipinski definition) is 3. The van der Waals surface area contributed by atoms with Gasteiger partial charge >= 0.3 is 0 Å². The summed E-state index contributed by atoms with van der Waals surface area (Å²) >= 11 is 3.37. The number of amides is 1. The first-order chi connectivity index (χ1) is 10.1. The van der Waals surface area contributed by atoms with Crippen LogP contribution in [0.15, 0.2) is 53.3 Å². The van der Waals surface area contributed by atoms with E-state index >= 15 is 0 Å². The summed E-state index contributed by atoms with van der Waals surface area (Å²) in [6, 6.07) is 11.4. The molecule has 0 N–H and O–H groups in total. The fourth-order valence-corrected chi connectivity index (χ4v) is 2.16. The van der Waals surface area contributed by atoms with Gasteiger partial charge in [0.05, 0.1) is 0 Å². The fourth-order valence-electron chi connectivity index (χ4n) is 1.78. The zero-order chi connectivity index (χ0) is 15.1. The highest BCUT2D eigenvalue weighted by atomic mass is 79.9. The number of likely N-dealkylation sites (N-methyl/N-ethyl adjacent to an activating group) is 1. The van der Waals surface area contributed by atoms with Gasteiger partial charge in [0.2, 0.25) is 0 Å². The normalized spacial score (nSPS) is 10.2. The molecular formula is C16H17BrN2O2. The number of hydrogen-bond donors (Lipinski definition) is 0. The van der Waals surface area contributed by atoms with E-state index < -0.39 is 0 Å². The molecule has 0 atom stereocenters. The minimum Gasteiger partial charge on any atom is -0.484 e. The van der Waals surface area contributed by atoms with E-state index in [4.69, 9.17) is 4.74 Å². The van der Waals surface area contributed by atoms with Crippen molar-refractivity contribution in [2.24, 2.45) is 0 Å². The Morgan fingerprint density at radius 2 is 2.05 bits per heavy atom.